The van der Waals surface area contributed by atoms with Gasteiger partial charge in [-0.05, 0) is 46.2 Å². The molecular formula is C16H24N2O2. The van der Waals surface area contributed by atoms with Gasteiger partial charge in [0.25, 0.3) is 0 Å². The van der Waals surface area contributed by atoms with Crippen LogP contribution in [0.15, 0.2) is 18.2 Å². The Bertz CT molecular complexity index is 489. The molecule has 1 heterocycles. The van der Waals surface area contributed by atoms with Crippen LogP contribution < -0.4 is 10.5 Å². The number of hydrogen-bond acceptors (Lipinski definition) is 3. The molecule has 1 aliphatic heterocycles. The highest BCUT2D eigenvalue weighted by molar-refractivity contribution is 5.95. The summed E-state index contributed by atoms with van der Waals surface area (Å²) in [6.45, 7) is 9.42. The molecule has 0 fully saturated rings. The fraction of sp³-hybridized carbons (Fsp3) is 0.562. The van der Waals surface area contributed by atoms with Crippen molar-refractivity contribution in [3.63, 3.8) is 0 Å². The van der Waals surface area contributed by atoms with Crippen molar-refractivity contribution in [2.45, 2.75) is 52.2 Å². The van der Waals surface area contributed by atoms with Crippen LogP contribution in [0.25, 0.3) is 0 Å². The van der Waals surface area contributed by atoms with E-state index in [1.54, 1.807) is 6.07 Å². The Balaban J connectivity index is 2.32. The molecule has 1 unspecified atom stereocenters. The Hall–Kier alpha value is -1.55. The molecule has 0 radical (unpaired) electrons. The summed E-state index contributed by atoms with van der Waals surface area (Å²) in [4.78, 5) is 14.0. The van der Waals surface area contributed by atoms with Crippen molar-refractivity contribution in [1.29, 1.82) is 0 Å². The van der Waals surface area contributed by atoms with E-state index < -0.39 is 0 Å². The predicted octanol–water partition coefficient (Wildman–Crippen LogP) is 2.21. The second-order valence-corrected chi connectivity index (χ2v) is 5.95. The zero-order valence-electron chi connectivity index (χ0n) is 12.7. The maximum absolute atomic E-state index is 11.6. The van der Waals surface area contributed by atoms with Gasteiger partial charge in [-0.15, -0.1) is 0 Å². The summed E-state index contributed by atoms with van der Waals surface area (Å²) in [6.07, 6.45) is 0.810. The topological polar surface area (TPSA) is 55.6 Å². The number of carbonyl (C=O) groups is 1. The van der Waals surface area contributed by atoms with Gasteiger partial charge in [0.05, 0.1) is 0 Å². The second kappa shape index (κ2) is 5.83. The average molecular weight is 276 g/mol. The van der Waals surface area contributed by atoms with E-state index in [2.05, 4.69) is 32.6 Å². The number of primary amides is 1. The number of hydrogen-bond donors (Lipinski definition) is 1. The maximum atomic E-state index is 11.6. The monoisotopic (exact) mass is 276 g/mol. The number of fused-ring (bicyclic) bond motifs is 1. The highest BCUT2D eigenvalue weighted by atomic mass is 16.5. The Kier molecular flexibility index (Phi) is 4.33. The van der Waals surface area contributed by atoms with Crippen LogP contribution in [0.4, 0.5) is 0 Å². The SMILES string of the molecule is CC(C)N(C(C)C)C1COc2cccc(C(N)=O)c2C1. The summed E-state index contributed by atoms with van der Waals surface area (Å²) in [5, 5.41) is 0. The first-order chi connectivity index (χ1) is 9.41. The second-order valence-electron chi connectivity index (χ2n) is 5.95. The van der Waals surface area contributed by atoms with Crippen LogP contribution in [0, 0.1) is 0 Å². The molecule has 0 spiro atoms. The van der Waals surface area contributed by atoms with E-state index in [1.165, 1.54) is 0 Å². The van der Waals surface area contributed by atoms with Gasteiger partial charge in [-0.1, -0.05) is 6.07 Å². The van der Waals surface area contributed by atoms with Crippen molar-refractivity contribution in [2.24, 2.45) is 5.73 Å². The van der Waals surface area contributed by atoms with Gasteiger partial charge in [0.1, 0.15) is 12.4 Å². The van der Waals surface area contributed by atoms with E-state index in [9.17, 15) is 4.79 Å². The van der Waals surface area contributed by atoms with Crippen molar-refractivity contribution >= 4 is 5.91 Å². The van der Waals surface area contributed by atoms with Gasteiger partial charge in [-0.2, -0.15) is 0 Å². The van der Waals surface area contributed by atoms with Crippen LogP contribution in [-0.4, -0.2) is 35.5 Å². The quantitative estimate of drug-likeness (QED) is 0.917. The molecule has 1 amide bonds. The Morgan fingerprint density at radius 3 is 2.50 bits per heavy atom. The summed E-state index contributed by atoms with van der Waals surface area (Å²) >= 11 is 0. The number of benzene rings is 1. The van der Waals surface area contributed by atoms with Crippen molar-refractivity contribution in [3.05, 3.63) is 29.3 Å². The lowest BCUT2D eigenvalue weighted by Gasteiger charge is -2.40. The first kappa shape index (κ1) is 14.9. The lowest BCUT2D eigenvalue weighted by molar-refractivity contribution is 0.0648. The smallest absolute Gasteiger partial charge is 0.249 e. The molecule has 0 aliphatic carbocycles. The molecule has 1 atom stereocenters. The number of amides is 1. The largest absolute Gasteiger partial charge is 0.492 e. The predicted molar refractivity (Wildman–Crippen MR) is 80.1 cm³/mol. The average Bonchev–Trinajstić information content (AvgIpc) is 2.36. The number of nitrogens with zero attached hydrogens (tertiary/aromatic N) is 1. The van der Waals surface area contributed by atoms with Crippen molar-refractivity contribution in [3.8, 4) is 5.75 Å². The van der Waals surface area contributed by atoms with Crippen LogP contribution in [0.2, 0.25) is 0 Å². The normalized spacial score (nSPS) is 18.2. The molecule has 0 saturated heterocycles. The Morgan fingerprint density at radius 2 is 1.95 bits per heavy atom. The van der Waals surface area contributed by atoms with E-state index in [1.807, 2.05) is 12.1 Å². The van der Waals surface area contributed by atoms with Crippen LogP contribution >= 0.6 is 0 Å². The van der Waals surface area contributed by atoms with Gasteiger partial charge < -0.3 is 10.5 Å². The number of ether oxygens (including phenoxy) is 1. The molecule has 0 bridgehead atoms. The van der Waals surface area contributed by atoms with Crippen molar-refractivity contribution in [1.82, 2.24) is 4.90 Å². The first-order valence-corrected chi connectivity index (χ1v) is 7.23. The first-order valence-electron chi connectivity index (χ1n) is 7.23. The molecule has 1 aliphatic rings. The number of nitrogens with two attached hydrogens (primary N) is 1. The summed E-state index contributed by atoms with van der Waals surface area (Å²) < 4.78 is 5.86. The highest BCUT2D eigenvalue weighted by Crippen LogP contribution is 2.30. The Morgan fingerprint density at radius 1 is 1.30 bits per heavy atom. The third-order valence-electron chi connectivity index (χ3n) is 3.88. The fourth-order valence-corrected chi connectivity index (χ4v) is 3.25. The molecule has 2 rings (SSSR count). The molecule has 110 valence electrons. The third kappa shape index (κ3) is 2.80. The van der Waals surface area contributed by atoms with Crippen LogP contribution in [0.5, 0.6) is 5.75 Å². The minimum Gasteiger partial charge on any atom is -0.492 e. The van der Waals surface area contributed by atoms with Crippen LogP contribution in [0.1, 0.15) is 43.6 Å². The summed E-state index contributed by atoms with van der Waals surface area (Å²) in [6, 6.07) is 6.66. The van der Waals surface area contributed by atoms with Crippen molar-refractivity contribution < 1.29 is 9.53 Å². The van der Waals surface area contributed by atoms with Gasteiger partial charge in [0.15, 0.2) is 0 Å². The number of carbonyl (C=O) groups excluding carboxylic acids is 1. The van der Waals surface area contributed by atoms with E-state index in [-0.39, 0.29) is 11.9 Å². The maximum Gasteiger partial charge on any atom is 0.249 e. The molecule has 20 heavy (non-hydrogen) atoms. The molecule has 2 N–H and O–H groups in total. The molecule has 0 saturated carbocycles. The third-order valence-corrected chi connectivity index (χ3v) is 3.88. The molecule has 1 aromatic rings. The lowest BCUT2D eigenvalue weighted by Crippen LogP contribution is -2.50. The van der Waals surface area contributed by atoms with E-state index >= 15 is 0 Å². The molecule has 4 nitrogen and oxygen atoms in total. The summed E-state index contributed by atoms with van der Waals surface area (Å²) in [7, 11) is 0. The molecular weight excluding hydrogens is 252 g/mol. The van der Waals surface area contributed by atoms with E-state index in [4.69, 9.17) is 10.5 Å². The highest BCUT2D eigenvalue weighted by Gasteiger charge is 2.30. The number of rotatable bonds is 4. The zero-order valence-corrected chi connectivity index (χ0v) is 12.7. The fourth-order valence-electron chi connectivity index (χ4n) is 3.25. The zero-order chi connectivity index (χ0) is 14.9. The summed E-state index contributed by atoms with van der Waals surface area (Å²) in [5.74, 6) is 0.414. The van der Waals surface area contributed by atoms with E-state index in [0.29, 0.717) is 24.3 Å². The van der Waals surface area contributed by atoms with Gasteiger partial charge >= 0.3 is 0 Å². The van der Waals surface area contributed by atoms with Crippen LogP contribution in [0.3, 0.4) is 0 Å². The standard InChI is InChI=1S/C16H24N2O2/c1-10(2)18(11(3)4)12-8-14-13(16(17)19)6-5-7-15(14)20-9-12/h5-7,10-12H,8-9H2,1-4H3,(H2,17,19). The van der Waals surface area contributed by atoms with E-state index in [0.717, 1.165) is 17.7 Å². The Labute approximate surface area is 120 Å². The molecule has 1 aromatic carbocycles. The van der Waals surface area contributed by atoms with Crippen LogP contribution in [-0.2, 0) is 6.42 Å². The lowest BCUT2D eigenvalue weighted by atomic mass is 9.94. The summed E-state index contributed by atoms with van der Waals surface area (Å²) in [5.41, 5.74) is 7.00. The van der Waals surface area contributed by atoms with Gasteiger partial charge in [-0.25, -0.2) is 0 Å². The van der Waals surface area contributed by atoms with Gasteiger partial charge in [-0.3, -0.25) is 9.69 Å². The molecule has 0 aromatic heterocycles. The molecule has 4 heteroatoms. The van der Waals surface area contributed by atoms with Crippen molar-refractivity contribution in [2.75, 3.05) is 6.61 Å². The van der Waals surface area contributed by atoms with Gasteiger partial charge in [0, 0.05) is 29.3 Å². The minimum atomic E-state index is -0.383. The van der Waals surface area contributed by atoms with Gasteiger partial charge in [0.2, 0.25) is 5.91 Å². The minimum absolute atomic E-state index is 0.281.